The number of ether oxygens (including phenoxy) is 2. The van der Waals surface area contributed by atoms with Crippen LogP contribution in [0, 0.1) is 0 Å². The van der Waals surface area contributed by atoms with E-state index in [0.29, 0.717) is 28.4 Å². The number of pyridine rings is 1. The zero-order valence-corrected chi connectivity index (χ0v) is 17.7. The molecule has 1 saturated carbocycles. The Morgan fingerprint density at radius 3 is 2.58 bits per heavy atom. The summed E-state index contributed by atoms with van der Waals surface area (Å²) >= 11 is 0. The quantitative estimate of drug-likeness (QED) is 0.352. The van der Waals surface area contributed by atoms with Gasteiger partial charge in [0.05, 0.1) is 29.8 Å². The molecule has 5 nitrogen and oxygen atoms in total. The molecule has 4 aromatic rings. The molecule has 33 heavy (non-hydrogen) atoms. The van der Waals surface area contributed by atoms with Gasteiger partial charge in [0.1, 0.15) is 5.82 Å². The van der Waals surface area contributed by atoms with Crippen LogP contribution < -0.4 is 9.47 Å². The van der Waals surface area contributed by atoms with Crippen molar-refractivity contribution in [2.75, 3.05) is 7.11 Å². The van der Waals surface area contributed by atoms with Crippen LogP contribution in [0.2, 0.25) is 0 Å². The molecular formula is C25H20F3N3O2. The summed E-state index contributed by atoms with van der Waals surface area (Å²) in [5.41, 5.74) is 1.01. The van der Waals surface area contributed by atoms with Crippen molar-refractivity contribution in [3.05, 3.63) is 77.7 Å². The maximum absolute atomic E-state index is 13.8. The van der Waals surface area contributed by atoms with Gasteiger partial charge in [0.15, 0.2) is 17.3 Å². The Morgan fingerprint density at radius 1 is 1.00 bits per heavy atom. The lowest BCUT2D eigenvalue weighted by atomic mass is 10.1. The molecule has 0 saturated heterocycles. The highest BCUT2D eigenvalue weighted by Gasteiger charge is 2.35. The van der Waals surface area contributed by atoms with Gasteiger partial charge in [-0.05, 0) is 55.3 Å². The van der Waals surface area contributed by atoms with Crippen molar-refractivity contribution in [2.24, 2.45) is 0 Å². The average Bonchev–Trinajstić information content (AvgIpc) is 3.55. The van der Waals surface area contributed by atoms with Crippen LogP contribution in [0.25, 0.3) is 29.0 Å². The second-order valence-electron chi connectivity index (χ2n) is 7.70. The topological polar surface area (TPSA) is 49.2 Å². The summed E-state index contributed by atoms with van der Waals surface area (Å²) in [5, 5.41) is 0. The lowest BCUT2D eigenvalue weighted by molar-refractivity contribution is -0.137. The molecule has 0 bridgehead atoms. The lowest BCUT2D eigenvalue weighted by Crippen LogP contribution is -2.13. The minimum Gasteiger partial charge on any atom is -0.493 e. The van der Waals surface area contributed by atoms with Gasteiger partial charge in [-0.25, -0.2) is 9.97 Å². The van der Waals surface area contributed by atoms with E-state index in [0.717, 1.165) is 24.5 Å². The summed E-state index contributed by atoms with van der Waals surface area (Å²) in [7, 11) is 1.57. The first-order chi connectivity index (χ1) is 16.0. The van der Waals surface area contributed by atoms with Crippen LogP contribution in [-0.4, -0.2) is 27.7 Å². The van der Waals surface area contributed by atoms with Gasteiger partial charge in [-0.1, -0.05) is 24.3 Å². The fraction of sp³-hybridized carbons (Fsp3) is 0.200. The molecule has 0 aliphatic heterocycles. The number of halogens is 3. The van der Waals surface area contributed by atoms with Crippen LogP contribution >= 0.6 is 0 Å². The highest BCUT2D eigenvalue weighted by Crippen LogP contribution is 2.38. The van der Waals surface area contributed by atoms with Gasteiger partial charge in [-0.15, -0.1) is 0 Å². The van der Waals surface area contributed by atoms with Crippen molar-refractivity contribution in [3.8, 4) is 17.3 Å². The smallest absolute Gasteiger partial charge is 0.419 e. The first kappa shape index (κ1) is 21.1. The second kappa shape index (κ2) is 8.27. The summed E-state index contributed by atoms with van der Waals surface area (Å²) in [6.07, 6.45) is 2.34. The van der Waals surface area contributed by atoms with Crippen molar-refractivity contribution in [3.63, 3.8) is 0 Å². The van der Waals surface area contributed by atoms with Crippen LogP contribution in [0.5, 0.6) is 11.5 Å². The number of methoxy groups -OCH3 is 1. The molecule has 1 fully saturated rings. The van der Waals surface area contributed by atoms with E-state index in [4.69, 9.17) is 9.47 Å². The minimum absolute atomic E-state index is 0.154. The van der Waals surface area contributed by atoms with E-state index in [1.165, 1.54) is 16.8 Å². The maximum atomic E-state index is 13.8. The predicted molar refractivity (Wildman–Crippen MR) is 119 cm³/mol. The Bertz CT molecular complexity index is 1340. The molecule has 0 atom stereocenters. The fourth-order valence-corrected chi connectivity index (χ4v) is 3.64. The molecule has 0 amide bonds. The number of hydrogen-bond acceptors (Lipinski definition) is 4. The highest BCUT2D eigenvalue weighted by atomic mass is 19.4. The summed E-state index contributed by atoms with van der Waals surface area (Å²) in [6.45, 7) is 0. The molecule has 0 unspecified atom stereocenters. The number of fused-ring (bicyclic) bond motifs is 1. The molecular weight excluding hydrogens is 431 g/mol. The van der Waals surface area contributed by atoms with Crippen LogP contribution in [-0.2, 0) is 6.18 Å². The van der Waals surface area contributed by atoms with E-state index in [1.54, 1.807) is 43.5 Å². The van der Waals surface area contributed by atoms with Crippen molar-refractivity contribution >= 4 is 23.2 Å². The van der Waals surface area contributed by atoms with Gasteiger partial charge in [-0.3, -0.25) is 4.57 Å². The van der Waals surface area contributed by atoms with Gasteiger partial charge >= 0.3 is 6.18 Å². The molecule has 2 aromatic carbocycles. The zero-order valence-electron chi connectivity index (χ0n) is 17.7. The first-order valence-corrected chi connectivity index (χ1v) is 10.5. The van der Waals surface area contributed by atoms with Crippen LogP contribution in [0.4, 0.5) is 13.2 Å². The van der Waals surface area contributed by atoms with Crippen LogP contribution in [0.1, 0.15) is 29.8 Å². The predicted octanol–water partition coefficient (Wildman–Crippen LogP) is 6.16. The van der Waals surface area contributed by atoms with E-state index in [9.17, 15) is 13.2 Å². The summed E-state index contributed by atoms with van der Waals surface area (Å²) in [6, 6.07) is 14.8. The molecule has 1 aliphatic rings. The molecule has 0 N–H and O–H groups in total. The molecule has 0 radical (unpaired) electrons. The van der Waals surface area contributed by atoms with Crippen LogP contribution in [0.3, 0.4) is 0 Å². The molecule has 168 valence electrons. The zero-order chi connectivity index (χ0) is 23.0. The number of benzene rings is 2. The van der Waals surface area contributed by atoms with Gasteiger partial charge in [-0.2, -0.15) is 13.2 Å². The number of aromatic nitrogens is 3. The molecule has 0 spiro atoms. The summed E-state index contributed by atoms with van der Waals surface area (Å²) in [4.78, 5) is 8.64. The third-order valence-corrected chi connectivity index (χ3v) is 5.34. The summed E-state index contributed by atoms with van der Waals surface area (Å²) < 4.78 is 54.2. The minimum atomic E-state index is -4.56. The Balaban J connectivity index is 1.65. The molecule has 2 aromatic heterocycles. The highest BCUT2D eigenvalue weighted by molar-refractivity contribution is 5.83. The monoisotopic (exact) mass is 451 g/mol. The van der Waals surface area contributed by atoms with E-state index in [1.807, 2.05) is 18.2 Å². The Labute approximate surface area is 188 Å². The van der Waals surface area contributed by atoms with Gasteiger partial charge in [0, 0.05) is 11.8 Å². The van der Waals surface area contributed by atoms with Crippen molar-refractivity contribution < 1.29 is 22.6 Å². The van der Waals surface area contributed by atoms with E-state index >= 15 is 0 Å². The Morgan fingerprint density at radius 2 is 1.82 bits per heavy atom. The largest absolute Gasteiger partial charge is 0.493 e. The number of hydrogen-bond donors (Lipinski definition) is 0. The second-order valence-corrected chi connectivity index (χ2v) is 7.70. The number of imidazole rings is 1. The lowest BCUT2D eigenvalue weighted by Gasteiger charge is -2.14. The van der Waals surface area contributed by atoms with E-state index in [2.05, 4.69) is 9.97 Å². The van der Waals surface area contributed by atoms with Gasteiger partial charge in [0.25, 0.3) is 0 Å². The number of alkyl halides is 3. The fourth-order valence-electron chi connectivity index (χ4n) is 3.64. The Hall–Kier alpha value is -3.81. The third-order valence-electron chi connectivity index (χ3n) is 5.34. The molecule has 2 heterocycles. The van der Waals surface area contributed by atoms with E-state index < -0.39 is 11.7 Å². The van der Waals surface area contributed by atoms with Gasteiger partial charge in [0.2, 0.25) is 0 Å². The molecule has 5 rings (SSSR count). The van der Waals surface area contributed by atoms with Gasteiger partial charge < -0.3 is 9.47 Å². The molecule has 1 aliphatic carbocycles. The van der Waals surface area contributed by atoms with Crippen molar-refractivity contribution in [1.29, 1.82) is 0 Å². The SMILES string of the molecule is COc1cccc(/C=C/c2nc3ccccc3n2-c2ncccc2C(F)(F)F)c1OC1CC1. The average molecular weight is 451 g/mol. The molecule has 8 heteroatoms. The van der Waals surface area contributed by atoms with E-state index in [-0.39, 0.29) is 11.9 Å². The van der Waals surface area contributed by atoms with Crippen LogP contribution in [0.15, 0.2) is 60.8 Å². The number of rotatable bonds is 6. The number of nitrogens with zero attached hydrogens (tertiary/aromatic N) is 3. The third kappa shape index (κ3) is 4.16. The normalized spacial score (nSPS) is 14.2. The standard InChI is InChI=1S/C25H20F3N3O2/c1-32-21-10-4-6-16(23(21)33-17-12-13-17)11-14-22-30-19-8-2-3-9-20(19)31(22)24-18(25(26,27)28)7-5-15-29-24/h2-11,14-15,17H,12-13H2,1H3/b14-11+. The first-order valence-electron chi connectivity index (χ1n) is 10.5. The Kier molecular flexibility index (Phi) is 5.28. The number of para-hydroxylation sites is 3. The summed E-state index contributed by atoms with van der Waals surface area (Å²) in [5.74, 6) is 1.30. The van der Waals surface area contributed by atoms with Crippen molar-refractivity contribution in [2.45, 2.75) is 25.1 Å². The van der Waals surface area contributed by atoms with Crippen molar-refractivity contribution in [1.82, 2.24) is 14.5 Å². The maximum Gasteiger partial charge on any atom is 0.419 e.